The lowest BCUT2D eigenvalue weighted by Crippen LogP contribution is -2.18. The summed E-state index contributed by atoms with van der Waals surface area (Å²) in [4.78, 5) is 0.616. The molecule has 1 rings (SSSR count). The minimum atomic E-state index is -3.39. The molecule has 1 aromatic rings. The zero-order valence-corrected chi connectivity index (χ0v) is 8.69. The number of hydrogen-bond donors (Lipinski definition) is 3. The van der Waals surface area contributed by atoms with Crippen LogP contribution in [0, 0.1) is 0 Å². The average Bonchev–Trinajstić information content (AvgIpc) is 2.09. The van der Waals surface area contributed by atoms with E-state index in [4.69, 9.17) is 5.73 Å². The Kier molecular flexibility index (Phi) is 2.84. The molecule has 0 aliphatic rings. The molecule has 0 aromatic heterocycles. The summed E-state index contributed by atoms with van der Waals surface area (Å²) in [5.41, 5.74) is 5.94. The van der Waals surface area contributed by atoms with E-state index in [9.17, 15) is 8.42 Å². The predicted octanol–water partition coefficient (Wildman–Crippen LogP) is 0.466. The van der Waals surface area contributed by atoms with Gasteiger partial charge in [0.15, 0.2) is 0 Å². The van der Waals surface area contributed by atoms with Gasteiger partial charge in [-0.2, -0.15) is 0 Å². The fourth-order valence-corrected chi connectivity index (χ4v) is 1.87. The van der Waals surface area contributed by atoms with Gasteiger partial charge in [-0.05, 0) is 25.2 Å². The highest BCUT2D eigenvalue weighted by atomic mass is 32.2. The van der Waals surface area contributed by atoms with Crippen LogP contribution in [0.4, 0.5) is 5.69 Å². The topological polar surface area (TPSA) is 72.2 Å². The van der Waals surface area contributed by atoms with Gasteiger partial charge in [-0.15, -0.1) is 12.6 Å². The second-order valence-corrected chi connectivity index (χ2v) is 4.80. The molecule has 4 nitrogen and oxygen atoms in total. The molecule has 3 N–H and O–H groups in total. The third-order valence-electron chi connectivity index (χ3n) is 1.58. The second kappa shape index (κ2) is 3.57. The minimum Gasteiger partial charge on any atom is -0.398 e. The van der Waals surface area contributed by atoms with E-state index < -0.39 is 10.0 Å². The minimum absolute atomic E-state index is 0.161. The Balaban J connectivity index is 3.27. The van der Waals surface area contributed by atoms with Crippen LogP contribution in [0.15, 0.2) is 28.0 Å². The first-order valence-electron chi connectivity index (χ1n) is 3.49. The van der Waals surface area contributed by atoms with Crippen LogP contribution >= 0.6 is 12.6 Å². The molecular weight excluding hydrogens is 208 g/mol. The number of thiol groups is 1. The summed E-state index contributed by atoms with van der Waals surface area (Å²) in [6.07, 6.45) is 0. The monoisotopic (exact) mass is 218 g/mol. The standard InChI is InChI=1S/C7H10N2O2S2/c1-9-13(10,11)5-2-3-6(8)7(12)4-5/h2-4,9,12H,8H2,1H3. The fraction of sp³-hybridized carbons (Fsp3) is 0.143. The van der Waals surface area contributed by atoms with Gasteiger partial charge in [0.25, 0.3) is 0 Å². The summed E-state index contributed by atoms with van der Waals surface area (Å²) < 4.78 is 24.8. The summed E-state index contributed by atoms with van der Waals surface area (Å²) in [7, 11) is -2.04. The quantitative estimate of drug-likeness (QED) is 0.499. The Labute approximate surface area is 82.6 Å². The average molecular weight is 218 g/mol. The van der Waals surface area contributed by atoms with Gasteiger partial charge in [0, 0.05) is 10.6 Å². The van der Waals surface area contributed by atoms with E-state index in [0.29, 0.717) is 10.6 Å². The molecule has 0 atom stereocenters. The molecule has 0 heterocycles. The molecule has 0 radical (unpaired) electrons. The number of nitrogens with two attached hydrogens (primary N) is 1. The molecular formula is C7H10N2O2S2. The first-order valence-corrected chi connectivity index (χ1v) is 5.42. The van der Waals surface area contributed by atoms with E-state index in [0.717, 1.165) is 0 Å². The maximum absolute atomic E-state index is 11.3. The first-order chi connectivity index (χ1) is 5.97. The first kappa shape index (κ1) is 10.4. The fourth-order valence-electron chi connectivity index (χ4n) is 0.808. The molecule has 0 amide bonds. The highest BCUT2D eigenvalue weighted by molar-refractivity contribution is 7.89. The summed E-state index contributed by atoms with van der Waals surface area (Å²) in [6, 6.07) is 4.34. The molecule has 1 aromatic carbocycles. The maximum Gasteiger partial charge on any atom is 0.240 e. The van der Waals surface area contributed by atoms with E-state index in [1.165, 1.54) is 25.2 Å². The van der Waals surface area contributed by atoms with Crippen molar-refractivity contribution in [2.45, 2.75) is 9.79 Å². The van der Waals surface area contributed by atoms with Gasteiger partial charge in [-0.25, -0.2) is 13.1 Å². The van der Waals surface area contributed by atoms with Crippen molar-refractivity contribution in [3.63, 3.8) is 0 Å². The van der Waals surface area contributed by atoms with E-state index in [1.807, 2.05) is 0 Å². The maximum atomic E-state index is 11.3. The van der Waals surface area contributed by atoms with Crippen molar-refractivity contribution >= 4 is 28.3 Å². The van der Waals surface area contributed by atoms with Crippen molar-refractivity contribution in [1.29, 1.82) is 0 Å². The van der Waals surface area contributed by atoms with Crippen LogP contribution in [0.5, 0.6) is 0 Å². The van der Waals surface area contributed by atoms with Crippen molar-refractivity contribution < 1.29 is 8.42 Å². The number of hydrogen-bond acceptors (Lipinski definition) is 4. The van der Waals surface area contributed by atoms with Crippen LogP contribution < -0.4 is 10.5 Å². The molecule has 0 unspecified atom stereocenters. The van der Waals surface area contributed by atoms with E-state index >= 15 is 0 Å². The number of sulfonamides is 1. The van der Waals surface area contributed by atoms with Crippen LogP contribution in [0.25, 0.3) is 0 Å². The zero-order valence-electron chi connectivity index (χ0n) is 6.98. The normalized spacial score (nSPS) is 11.5. The van der Waals surface area contributed by atoms with Gasteiger partial charge in [0.05, 0.1) is 4.90 Å². The van der Waals surface area contributed by atoms with E-state index in [2.05, 4.69) is 17.4 Å². The third-order valence-corrected chi connectivity index (χ3v) is 3.38. The SMILES string of the molecule is CNS(=O)(=O)c1ccc(N)c(S)c1. The van der Waals surface area contributed by atoms with E-state index in [-0.39, 0.29) is 4.90 Å². The lowest BCUT2D eigenvalue weighted by atomic mass is 10.3. The highest BCUT2D eigenvalue weighted by Gasteiger charge is 2.11. The molecule has 6 heteroatoms. The molecule has 0 fully saturated rings. The van der Waals surface area contributed by atoms with Crippen molar-refractivity contribution in [3.05, 3.63) is 18.2 Å². The zero-order chi connectivity index (χ0) is 10.1. The number of benzene rings is 1. The second-order valence-electron chi connectivity index (χ2n) is 2.43. The number of nitrogen functional groups attached to an aromatic ring is 1. The van der Waals surface area contributed by atoms with Crippen molar-refractivity contribution in [3.8, 4) is 0 Å². The smallest absolute Gasteiger partial charge is 0.240 e. The van der Waals surface area contributed by atoms with Crippen LogP contribution in [0.1, 0.15) is 0 Å². The Hall–Kier alpha value is -0.720. The predicted molar refractivity (Wildman–Crippen MR) is 54.4 cm³/mol. The van der Waals surface area contributed by atoms with Gasteiger partial charge in [0.1, 0.15) is 0 Å². The van der Waals surface area contributed by atoms with Gasteiger partial charge >= 0.3 is 0 Å². The lowest BCUT2D eigenvalue weighted by molar-refractivity contribution is 0.588. The van der Waals surface area contributed by atoms with Crippen LogP contribution in [-0.2, 0) is 10.0 Å². The molecule has 13 heavy (non-hydrogen) atoms. The molecule has 0 aliphatic carbocycles. The van der Waals surface area contributed by atoms with Gasteiger partial charge in [0.2, 0.25) is 10.0 Å². The number of nitrogens with one attached hydrogen (secondary N) is 1. The van der Waals surface area contributed by atoms with Gasteiger partial charge in [-0.3, -0.25) is 0 Å². The van der Waals surface area contributed by atoms with Gasteiger partial charge < -0.3 is 5.73 Å². The number of anilines is 1. The summed E-state index contributed by atoms with van der Waals surface area (Å²) >= 11 is 4.02. The molecule has 0 aliphatic heterocycles. The van der Waals surface area contributed by atoms with E-state index in [1.54, 1.807) is 0 Å². The summed E-state index contributed by atoms with van der Waals surface area (Å²) in [5.74, 6) is 0. The lowest BCUT2D eigenvalue weighted by Gasteiger charge is -2.04. The molecule has 72 valence electrons. The van der Waals surface area contributed by atoms with Crippen LogP contribution in [0.3, 0.4) is 0 Å². The summed E-state index contributed by atoms with van der Waals surface area (Å²) in [5, 5.41) is 0. The summed E-state index contributed by atoms with van der Waals surface area (Å²) in [6.45, 7) is 0. The van der Waals surface area contributed by atoms with Crippen molar-refractivity contribution in [2.24, 2.45) is 0 Å². The third kappa shape index (κ3) is 2.15. The Morgan fingerprint density at radius 2 is 2.08 bits per heavy atom. The van der Waals surface area contributed by atoms with Crippen LogP contribution in [0.2, 0.25) is 0 Å². The van der Waals surface area contributed by atoms with Crippen molar-refractivity contribution in [2.75, 3.05) is 12.8 Å². The molecule has 0 saturated heterocycles. The largest absolute Gasteiger partial charge is 0.398 e. The molecule has 0 saturated carbocycles. The Morgan fingerprint density at radius 3 is 2.54 bits per heavy atom. The van der Waals surface area contributed by atoms with Gasteiger partial charge in [-0.1, -0.05) is 0 Å². The Bertz CT molecular complexity index is 415. The Morgan fingerprint density at radius 1 is 1.46 bits per heavy atom. The van der Waals surface area contributed by atoms with Crippen LogP contribution in [-0.4, -0.2) is 15.5 Å². The number of rotatable bonds is 2. The molecule has 0 bridgehead atoms. The molecule has 0 spiro atoms. The van der Waals surface area contributed by atoms with Crippen molar-refractivity contribution in [1.82, 2.24) is 4.72 Å². The highest BCUT2D eigenvalue weighted by Crippen LogP contribution is 2.20.